The zero-order valence-corrected chi connectivity index (χ0v) is 22.6. The largest absolute Gasteiger partial charge is 0.493 e. The molecule has 2 saturated carbocycles. The van der Waals surface area contributed by atoms with Gasteiger partial charge in [0.2, 0.25) is 5.78 Å². The van der Waals surface area contributed by atoms with E-state index in [0.717, 1.165) is 0 Å². The van der Waals surface area contributed by atoms with Gasteiger partial charge in [0.05, 0.1) is 32.0 Å². The fraction of sp³-hybridized carbons (Fsp3) is 0.889. The predicted molar refractivity (Wildman–Crippen MR) is 130 cm³/mol. The van der Waals surface area contributed by atoms with Gasteiger partial charge in [-0.25, -0.2) is 0 Å². The molecule has 216 valence electrons. The Balaban J connectivity index is 1.49. The van der Waals surface area contributed by atoms with Gasteiger partial charge in [-0.1, -0.05) is 20.8 Å². The Bertz CT molecular complexity index is 940. The smallest absolute Gasteiger partial charge is 0.203 e. The van der Waals surface area contributed by atoms with Crippen LogP contribution in [-0.4, -0.2) is 107 Å². The number of hydrogen-bond donors (Lipinski definition) is 5. The van der Waals surface area contributed by atoms with Gasteiger partial charge >= 0.3 is 0 Å². The number of aliphatic hydroxyl groups is 5. The molecule has 0 amide bonds. The molecule has 5 aliphatic rings. The average Bonchev–Trinajstić information content (AvgIpc) is 2.88. The van der Waals surface area contributed by atoms with Crippen LogP contribution in [0.15, 0.2) is 11.8 Å². The Morgan fingerprint density at radius 3 is 2.37 bits per heavy atom. The van der Waals surface area contributed by atoms with E-state index in [2.05, 4.69) is 6.92 Å². The summed E-state index contributed by atoms with van der Waals surface area (Å²) in [6.07, 6.45) is -6.30. The lowest BCUT2D eigenvalue weighted by molar-refractivity contribution is -0.380. The lowest BCUT2D eigenvalue weighted by Gasteiger charge is -2.69. The fourth-order valence-electron chi connectivity index (χ4n) is 8.68. The van der Waals surface area contributed by atoms with Crippen LogP contribution in [0.5, 0.6) is 0 Å². The Morgan fingerprint density at radius 1 is 1.03 bits per heavy atom. The fourth-order valence-corrected chi connectivity index (χ4v) is 8.68. The highest BCUT2D eigenvalue weighted by Crippen LogP contribution is 2.68. The molecule has 0 aromatic heterocycles. The molecule has 0 aromatic carbocycles. The minimum absolute atomic E-state index is 0.0861. The van der Waals surface area contributed by atoms with E-state index in [9.17, 15) is 30.3 Å². The number of allylic oxidation sites excluding steroid dienone is 2. The molecule has 15 atom stereocenters. The monoisotopic (exact) mass is 542 g/mol. The van der Waals surface area contributed by atoms with Crippen LogP contribution in [-0.2, 0) is 28.5 Å². The van der Waals surface area contributed by atoms with Crippen molar-refractivity contribution >= 4 is 5.78 Å². The maximum Gasteiger partial charge on any atom is 0.203 e. The number of hydrogen-bond acceptors (Lipinski definition) is 11. The first-order valence-corrected chi connectivity index (χ1v) is 13.6. The molecular formula is C27H42O11. The van der Waals surface area contributed by atoms with Crippen molar-refractivity contribution in [1.29, 1.82) is 0 Å². The summed E-state index contributed by atoms with van der Waals surface area (Å²) in [5, 5.41) is 52.2. The van der Waals surface area contributed by atoms with Gasteiger partial charge in [0.1, 0.15) is 24.4 Å². The molecule has 2 aliphatic heterocycles. The zero-order chi connectivity index (χ0) is 27.7. The first-order chi connectivity index (χ1) is 17.9. The highest BCUT2D eigenvalue weighted by Gasteiger charge is 2.72. The molecule has 2 heterocycles. The van der Waals surface area contributed by atoms with Crippen LogP contribution >= 0.6 is 0 Å². The topological polar surface area (TPSA) is 164 Å². The van der Waals surface area contributed by atoms with Crippen molar-refractivity contribution in [2.24, 2.45) is 34.5 Å². The van der Waals surface area contributed by atoms with Gasteiger partial charge in [0.25, 0.3) is 0 Å². The molecule has 38 heavy (non-hydrogen) atoms. The van der Waals surface area contributed by atoms with Crippen LogP contribution < -0.4 is 0 Å². The van der Waals surface area contributed by atoms with Crippen LogP contribution in [0.4, 0.5) is 0 Å². The van der Waals surface area contributed by atoms with E-state index in [-0.39, 0.29) is 29.6 Å². The minimum atomic E-state index is -1.56. The van der Waals surface area contributed by atoms with Crippen molar-refractivity contribution in [3.63, 3.8) is 0 Å². The molecule has 15 unspecified atom stereocenters. The van der Waals surface area contributed by atoms with Gasteiger partial charge in [-0.05, 0) is 36.7 Å². The van der Waals surface area contributed by atoms with E-state index in [4.69, 9.17) is 23.7 Å². The summed E-state index contributed by atoms with van der Waals surface area (Å²) in [5.74, 6) is -0.559. The third-order valence-electron chi connectivity index (χ3n) is 10.7. The number of ether oxygens (including phenoxy) is 5. The number of rotatable bonds is 5. The maximum atomic E-state index is 13.8. The standard InChI is InChI=1S/C27H42O11/c1-11-13-9-17(38-25-20(31)19(30)18(29)15(10-28)36-25)37-16-8-12-6-7-14(34-4)24(33)26(12,2)23(27(13,16)3)21(32)22(11)35-5/h7,11-13,15-23,25,28-32H,6,8-10H2,1-5H3. The molecule has 3 aliphatic carbocycles. The number of aliphatic hydroxyl groups excluding tert-OH is 5. The molecule has 4 fully saturated rings. The van der Waals surface area contributed by atoms with Gasteiger partial charge in [-0.2, -0.15) is 0 Å². The Kier molecular flexibility index (Phi) is 7.50. The van der Waals surface area contributed by atoms with Crippen LogP contribution in [0.2, 0.25) is 0 Å². The molecule has 0 bridgehead atoms. The van der Waals surface area contributed by atoms with Gasteiger partial charge < -0.3 is 49.2 Å². The summed E-state index contributed by atoms with van der Waals surface area (Å²) in [4.78, 5) is 13.8. The van der Waals surface area contributed by atoms with E-state index in [1.54, 1.807) is 7.11 Å². The summed E-state index contributed by atoms with van der Waals surface area (Å²) < 4.78 is 29.4. The second kappa shape index (κ2) is 10.0. The van der Waals surface area contributed by atoms with Crippen molar-refractivity contribution in [2.75, 3.05) is 20.8 Å². The predicted octanol–water partition coefficient (Wildman–Crippen LogP) is -0.288. The molecule has 11 heteroatoms. The molecule has 0 spiro atoms. The third kappa shape index (κ3) is 3.85. The molecular weight excluding hydrogens is 500 g/mol. The lowest BCUT2D eigenvalue weighted by atomic mass is 9.39. The quantitative estimate of drug-likeness (QED) is 0.310. The van der Waals surface area contributed by atoms with Crippen LogP contribution in [0, 0.1) is 34.5 Å². The number of fused-ring (bicyclic) bond motifs is 2. The van der Waals surface area contributed by atoms with Gasteiger partial charge in [0.15, 0.2) is 18.3 Å². The van der Waals surface area contributed by atoms with E-state index in [1.165, 1.54) is 7.11 Å². The number of ketones is 1. The van der Waals surface area contributed by atoms with E-state index in [0.29, 0.717) is 25.0 Å². The van der Waals surface area contributed by atoms with Gasteiger partial charge in [-0.3, -0.25) is 4.79 Å². The zero-order valence-electron chi connectivity index (χ0n) is 22.6. The molecule has 11 nitrogen and oxygen atoms in total. The third-order valence-corrected chi connectivity index (χ3v) is 10.7. The molecule has 2 saturated heterocycles. The average molecular weight is 543 g/mol. The molecule has 0 aromatic rings. The Hall–Kier alpha value is -1.15. The lowest BCUT2D eigenvalue weighted by Crippen LogP contribution is -2.73. The van der Waals surface area contributed by atoms with Crippen molar-refractivity contribution in [3.05, 3.63) is 11.8 Å². The number of carbonyl (C=O) groups is 1. The highest BCUT2D eigenvalue weighted by molar-refractivity contribution is 5.99. The van der Waals surface area contributed by atoms with Crippen molar-refractivity contribution < 1.29 is 54.0 Å². The Labute approximate surface area is 222 Å². The summed E-state index contributed by atoms with van der Waals surface area (Å²) in [7, 11) is 3.06. The molecule has 5 N–H and O–H groups in total. The maximum absolute atomic E-state index is 13.8. The van der Waals surface area contributed by atoms with Crippen molar-refractivity contribution in [3.8, 4) is 0 Å². The van der Waals surface area contributed by atoms with Crippen LogP contribution in [0.25, 0.3) is 0 Å². The minimum Gasteiger partial charge on any atom is -0.493 e. The van der Waals surface area contributed by atoms with Crippen molar-refractivity contribution in [2.45, 2.75) is 95.3 Å². The van der Waals surface area contributed by atoms with E-state index in [1.807, 2.05) is 19.9 Å². The summed E-state index contributed by atoms with van der Waals surface area (Å²) >= 11 is 0. The Morgan fingerprint density at radius 2 is 1.74 bits per heavy atom. The van der Waals surface area contributed by atoms with Crippen LogP contribution in [0.3, 0.4) is 0 Å². The first kappa shape index (κ1) is 28.4. The van der Waals surface area contributed by atoms with E-state index >= 15 is 0 Å². The number of carbonyl (C=O) groups excluding carboxylic acids is 1. The van der Waals surface area contributed by atoms with Gasteiger partial charge in [0, 0.05) is 30.3 Å². The number of Topliss-reactive ketones (excluding diaryl/α,β-unsaturated/α-hetero) is 1. The summed E-state index contributed by atoms with van der Waals surface area (Å²) in [6, 6.07) is 0. The van der Waals surface area contributed by atoms with Crippen molar-refractivity contribution in [1.82, 2.24) is 0 Å². The van der Waals surface area contributed by atoms with E-state index < -0.39 is 72.6 Å². The molecule has 5 rings (SSSR count). The summed E-state index contributed by atoms with van der Waals surface area (Å²) in [6.45, 7) is 5.49. The highest BCUT2D eigenvalue weighted by atomic mass is 16.8. The second-order valence-corrected chi connectivity index (χ2v) is 12.2. The number of methoxy groups -OCH3 is 2. The normalized spacial score (nSPS) is 54.5. The SMILES string of the molecule is COC1=CCC2CC3OC(OC4OC(CO)C(O)C(O)C4O)CC4C(C)C(OC)C(O)C(C2(C)C1=O)C34C. The first-order valence-electron chi connectivity index (χ1n) is 13.6. The second-order valence-electron chi connectivity index (χ2n) is 12.2. The molecule has 0 radical (unpaired) electrons. The van der Waals surface area contributed by atoms with Crippen LogP contribution in [0.1, 0.15) is 40.0 Å². The van der Waals surface area contributed by atoms with Gasteiger partial charge in [-0.15, -0.1) is 0 Å². The summed E-state index contributed by atoms with van der Waals surface area (Å²) in [5.41, 5.74) is -1.48.